The van der Waals surface area contributed by atoms with Crippen LogP contribution < -0.4 is 20.1 Å². The van der Waals surface area contributed by atoms with Gasteiger partial charge in [0.25, 0.3) is 5.91 Å². The molecule has 1 amide bonds. The predicted octanol–water partition coefficient (Wildman–Crippen LogP) is 5.97. The van der Waals surface area contributed by atoms with Crippen LogP contribution in [0, 0.1) is 3.57 Å². The van der Waals surface area contributed by atoms with Gasteiger partial charge < -0.3 is 20.1 Å². The molecular formula is C23H22ClIN2O3. The molecule has 3 aromatic rings. The van der Waals surface area contributed by atoms with Crippen molar-refractivity contribution < 1.29 is 14.3 Å². The van der Waals surface area contributed by atoms with Crippen molar-refractivity contribution in [2.24, 2.45) is 0 Å². The number of carbonyl (C=O) groups excluding carboxylic acids is 1. The molecule has 0 aromatic heterocycles. The van der Waals surface area contributed by atoms with Gasteiger partial charge in [-0.15, -0.1) is 0 Å². The van der Waals surface area contributed by atoms with Crippen LogP contribution >= 0.6 is 34.2 Å². The molecule has 2 N–H and O–H groups in total. The Morgan fingerprint density at radius 1 is 1.03 bits per heavy atom. The number of nitrogens with one attached hydrogen (secondary N) is 2. The van der Waals surface area contributed by atoms with Crippen LogP contribution in [-0.4, -0.2) is 19.1 Å². The average Bonchev–Trinajstić information content (AvgIpc) is 2.73. The molecule has 30 heavy (non-hydrogen) atoms. The molecule has 156 valence electrons. The highest BCUT2D eigenvalue weighted by atomic mass is 127. The lowest BCUT2D eigenvalue weighted by molar-refractivity contribution is -0.118. The first-order valence-corrected chi connectivity index (χ1v) is 10.9. The van der Waals surface area contributed by atoms with E-state index in [1.54, 1.807) is 0 Å². The van der Waals surface area contributed by atoms with Crippen LogP contribution in [0.3, 0.4) is 0 Å². The summed E-state index contributed by atoms with van der Waals surface area (Å²) in [5.74, 6) is 0.930. The molecule has 0 saturated heterocycles. The number of hydrogen-bond acceptors (Lipinski definition) is 4. The number of benzene rings is 3. The minimum Gasteiger partial charge on any atom is -0.490 e. The number of anilines is 2. The Balaban J connectivity index is 1.68. The Morgan fingerprint density at radius 3 is 2.50 bits per heavy atom. The molecule has 3 rings (SSSR count). The second kappa shape index (κ2) is 11.1. The van der Waals surface area contributed by atoms with Gasteiger partial charge in [-0.1, -0.05) is 41.9 Å². The molecule has 0 radical (unpaired) electrons. The van der Waals surface area contributed by atoms with Crippen molar-refractivity contribution in [2.75, 3.05) is 23.8 Å². The van der Waals surface area contributed by atoms with Crippen LogP contribution in [0.5, 0.6) is 11.5 Å². The number of ether oxygens (including phenoxy) is 2. The summed E-state index contributed by atoms with van der Waals surface area (Å²) >= 11 is 8.40. The lowest BCUT2D eigenvalue weighted by Gasteiger charge is -2.16. The van der Waals surface area contributed by atoms with Gasteiger partial charge in [0, 0.05) is 12.2 Å². The van der Waals surface area contributed by atoms with Crippen LogP contribution in [-0.2, 0) is 11.3 Å². The van der Waals surface area contributed by atoms with Gasteiger partial charge in [-0.3, -0.25) is 4.79 Å². The highest BCUT2D eigenvalue weighted by Gasteiger charge is 2.14. The van der Waals surface area contributed by atoms with Crippen molar-refractivity contribution in [1.82, 2.24) is 0 Å². The first-order valence-electron chi connectivity index (χ1n) is 9.48. The molecule has 0 aliphatic rings. The molecule has 3 aromatic carbocycles. The Morgan fingerprint density at radius 2 is 1.77 bits per heavy atom. The molecule has 0 fully saturated rings. The Bertz CT molecular complexity index is 999. The highest BCUT2D eigenvalue weighted by Crippen LogP contribution is 2.35. The van der Waals surface area contributed by atoms with Gasteiger partial charge in [0.2, 0.25) is 0 Å². The van der Waals surface area contributed by atoms with Crippen LogP contribution in [0.2, 0.25) is 5.02 Å². The van der Waals surface area contributed by atoms with Crippen molar-refractivity contribution in [3.8, 4) is 11.5 Å². The Labute approximate surface area is 194 Å². The summed E-state index contributed by atoms with van der Waals surface area (Å²) < 4.78 is 12.4. The number of carbonyl (C=O) groups is 1. The molecule has 0 unspecified atom stereocenters. The maximum atomic E-state index is 12.2. The second-order valence-corrected chi connectivity index (χ2v) is 7.94. The van der Waals surface area contributed by atoms with Gasteiger partial charge in [-0.05, 0) is 71.5 Å². The van der Waals surface area contributed by atoms with E-state index in [4.69, 9.17) is 21.1 Å². The molecule has 0 aliphatic carbocycles. The third-order valence-electron chi connectivity index (χ3n) is 4.13. The van der Waals surface area contributed by atoms with E-state index in [2.05, 4.69) is 33.2 Å². The monoisotopic (exact) mass is 536 g/mol. The summed E-state index contributed by atoms with van der Waals surface area (Å²) in [6.45, 7) is 2.87. The van der Waals surface area contributed by atoms with E-state index in [1.165, 1.54) is 0 Å². The molecule has 0 heterocycles. The fourth-order valence-corrected chi connectivity index (χ4v) is 3.81. The van der Waals surface area contributed by atoms with Crippen molar-refractivity contribution in [3.63, 3.8) is 0 Å². The van der Waals surface area contributed by atoms with Crippen molar-refractivity contribution in [2.45, 2.75) is 13.5 Å². The summed E-state index contributed by atoms with van der Waals surface area (Å²) in [6.07, 6.45) is 0. The third-order valence-corrected chi connectivity index (χ3v) is 5.26. The van der Waals surface area contributed by atoms with Crippen molar-refractivity contribution in [1.29, 1.82) is 0 Å². The summed E-state index contributed by atoms with van der Waals surface area (Å²) in [5.41, 5.74) is 2.61. The summed E-state index contributed by atoms with van der Waals surface area (Å²) in [5, 5.41) is 6.80. The average molecular weight is 537 g/mol. The topological polar surface area (TPSA) is 59.6 Å². The van der Waals surface area contributed by atoms with Gasteiger partial charge in [0.15, 0.2) is 18.1 Å². The fourth-order valence-electron chi connectivity index (χ4n) is 2.78. The number of amides is 1. The second-order valence-electron chi connectivity index (χ2n) is 6.37. The molecule has 0 saturated carbocycles. The van der Waals surface area contributed by atoms with Gasteiger partial charge in [0.05, 0.1) is 20.9 Å². The van der Waals surface area contributed by atoms with E-state index in [-0.39, 0.29) is 12.5 Å². The van der Waals surface area contributed by atoms with Crippen LogP contribution in [0.1, 0.15) is 12.5 Å². The van der Waals surface area contributed by atoms with Gasteiger partial charge in [0.1, 0.15) is 0 Å². The SMILES string of the molecule is CCOc1cc(CNc2ccccc2Cl)cc(I)c1OCC(=O)Nc1ccccc1. The Hall–Kier alpha value is -2.45. The molecule has 5 nitrogen and oxygen atoms in total. The lowest BCUT2D eigenvalue weighted by Crippen LogP contribution is -2.20. The zero-order chi connectivity index (χ0) is 21.3. The van der Waals surface area contributed by atoms with E-state index in [0.717, 1.165) is 20.5 Å². The van der Waals surface area contributed by atoms with Crippen LogP contribution in [0.4, 0.5) is 11.4 Å². The molecule has 0 bridgehead atoms. The first-order chi connectivity index (χ1) is 14.6. The molecule has 7 heteroatoms. The van der Waals surface area contributed by atoms with E-state index < -0.39 is 0 Å². The molecular weight excluding hydrogens is 515 g/mol. The first kappa shape index (κ1) is 22.2. The maximum absolute atomic E-state index is 12.2. The smallest absolute Gasteiger partial charge is 0.262 e. The predicted molar refractivity (Wildman–Crippen MR) is 130 cm³/mol. The van der Waals surface area contributed by atoms with Gasteiger partial charge >= 0.3 is 0 Å². The Kier molecular flexibility index (Phi) is 8.21. The number of rotatable bonds is 9. The van der Waals surface area contributed by atoms with Crippen LogP contribution in [0.25, 0.3) is 0 Å². The van der Waals surface area contributed by atoms with E-state index >= 15 is 0 Å². The minimum atomic E-state index is -0.232. The summed E-state index contributed by atoms with van der Waals surface area (Å²) in [6, 6.07) is 20.8. The molecule has 0 atom stereocenters. The van der Waals surface area contributed by atoms with Gasteiger partial charge in [-0.2, -0.15) is 0 Å². The summed E-state index contributed by atoms with van der Waals surface area (Å²) in [7, 11) is 0. The zero-order valence-corrected chi connectivity index (χ0v) is 19.4. The normalized spacial score (nSPS) is 10.4. The fraction of sp³-hybridized carbons (Fsp3) is 0.174. The van der Waals surface area contributed by atoms with Crippen LogP contribution in [0.15, 0.2) is 66.7 Å². The zero-order valence-electron chi connectivity index (χ0n) is 16.5. The molecule has 0 spiro atoms. The lowest BCUT2D eigenvalue weighted by atomic mass is 10.2. The van der Waals surface area contributed by atoms with E-state index in [9.17, 15) is 4.79 Å². The standard InChI is InChI=1S/C23H22ClIN2O3/c1-2-29-21-13-16(14-26-20-11-7-6-10-18(20)24)12-19(25)23(21)30-15-22(28)27-17-8-4-3-5-9-17/h3-13,26H,2,14-15H2,1H3,(H,27,28). The number of para-hydroxylation sites is 2. The van der Waals surface area contributed by atoms with Crippen molar-refractivity contribution >= 4 is 51.5 Å². The van der Waals surface area contributed by atoms with Gasteiger partial charge in [-0.25, -0.2) is 0 Å². The maximum Gasteiger partial charge on any atom is 0.262 e. The third kappa shape index (κ3) is 6.27. The van der Waals surface area contributed by atoms with E-state index in [0.29, 0.717) is 29.7 Å². The number of halogens is 2. The summed E-state index contributed by atoms with van der Waals surface area (Å²) in [4.78, 5) is 12.2. The highest BCUT2D eigenvalue weighted by molar-refractivity contribution is 14.1. The minimum absolute atomic E-state index is 0.109. The quantitative estimate of drug-likeness (QED) is 0.331. The molecule has 0 aliphatic heterocycles. The van der Waals surface area contributed by atoms with Crippen molar-refractivity contribution in [3.05, 3.63) is 80.9 Å². The number of hydrogen-bond donors (Lipinski definition) is 2. The largest absolute Gasteiger partial charge is 0.490 e. The van der Waals surface area contributed by atoms with E-state index in [1.807, 2.05) is 73.7 Å².